The molecule has 1 aliphatic heterocycles. The molecule has 0 aliphatic carbocycles. The summed E-state index contributed by atoms with van der Waals surface area (Å²) < 4.78 is 27.5. The topological polar surface area (TPSA) is 75.4 Å². The van der Waals surface area contributed by atoms with Crippen LogP contribution in [0.1, 0.15) is 37.0 Å². The van der Waals surface area contributed by atoms with E-state index in [-0.39, 0.29) is 30.3 Å². The molecule has 2 amide bonds. The van der Waals surface area contributed by atoms with Gasteiger partial charge < -0.3 is 16.0 Å². The maximum atomic E-state index is 13.7. The van der Waals surface area contributed by atoms with Crippen LogP contribution in [0, 0.1) is 17.6 Å². The minimum Gasteiger partial charge on any atom is -0.341 e. The fourth-order valence-corrected chi connectivity index (χ4v) is 2.76. The normalized spacial score (nSPS) is 16.3. The van der Waals surface area contributed by atoms with Gasteiger partial charge in [0, 0.05) is 19.1 Å². The van der Waals surface area contributed by atoms with Crippen LogP contribution >= 0.6 is 12.4 Å². The molecule has 5 nitrogen and oxygen atoms in total. The number of carbonyl (C=O) groups is 2. The number of nitrogens with two attached hydrogens (primary N) is 1. The van der Waals surface area contributed by atoms with Crippen LogP contribution in [0.2, 0.25) is 0 Å². The summed E-state index contributed by atoms with van der Waals surface area (Å²) in [7, 11) is 0. The SMILES string of the molecule is CC(C)C(NC(=O)c1c(F)cccc1F)C(=O)N1CCC(N)CC1.Cl. The number of amides is 2. The van der Waals surface area contributed by atoms with E-state index < -0.39 is 29.1 Å². The second kappa shape index (κ2) is 9.10. The summed E-state index contributed by atoms with van der Waals surface area (Å²) in [5, 5.41) is 2.48. The minimum absolute atomic E-state index is 0. The highest BCUT2D eigenvalue weighted by Crippen LogP contribution is 2.16. The quantitative estimate of drug-likeness (QED) is 0.846. The largest absolute Gasteiger partial charge is 0.341 e. The molecular weight excluding hydrogens is 352 g/mol. The molecule has 25 heavy (non-hydrogen) atoms. The Morgan fingerprint density at radius 3 is 2.20 bits per heavy atom. The number of likely N-dealkylation sites (tertiary alicyclic amines) is 1. The Bertz CT molecular complexity index is 600. The summed E-state index contributed by atoms with van der Waals surface area (Å²) in [4.78, 5) is 26.6. The number of hydrogen-bond acceptors (Lipinski definition) is 3. The molecule has 1 aromatic rings. The van der Waals surface area contributed by atoms with E-state index in [1.54, 1.807) is 18.7 Å². The summed E-state index contributed by atoms with van der Waals surface area (Å²) in [6.45, 7) is 4.59. The first-order valence-electron chi connectivity index (χ1n) is 8.10. The van der Waals surface area contributed by atoms with Gasteiger partial charge in [-0.2, -0.15) is 0 Å². The Morgan fingerprint density at radius 2 is 1.72 bits per heavy atom. The van der Waals surface area contributed by atoms with Crippen LogP contribution in [0.3, 0.4) is 0 Å². The maximum absolute atomic E-state index is 13.7. The zero-order chi connectivity index (χ0) is 17.9. The molecule has 1 aliphatic rings. The van der Waals surface area contributed by atoms with E-state index in [4.69, 9.17) is 5.73 Å². The smallest absolute Gasteiger partial charge is 0.257 e. The lowest BCUT2D eigenvalue weighted by Crippen LogP contribution is -2.54. The molecule has 1 fully saturated rings. The lowest BCUT2D eigenvalue weighted by atomic mass is 9.99. The van der Waals surface area contributed by atoms with E-state index in [9.17, 15) is 18.4 Å². The highest BCUT2D eigenvalue weighted by molar-refractivity contribution is 5.98. The van der Waals surface area contributed by atoms with Gasteiger partial charge in [-0.25, -0.2) is 8.78 Å². The van der Waals surface area contributed by atoms with E-state index in [2.05, 4.69) is 5.32 Å². The molecule has 1 atom stereocenters. The zero-order valence-corrected chi connectivity index (χ0v) is 15.1. The lowest BCUT2D eigenvalue weighted by Gasteiger charge is -2.34. The fraction of sp³-hybridized carbons (Fsp3) is 0.529. The first kappa shape index (κ1) is 21.3. The third-order valence-corrected chi connectivity index (χ3v) is 4.26. The van der Waals surface area contributed by atoms with Gasteiger partial charge in [-0.05, 0) is 30.9 Å². The molecule has 1 aromatic carbocycles. The number of halogens is 3. The molecule has 0 spiro atoms. The predicted octanol–water partition coefficient (Wildman–Crippen LogP) is 2.09. The van der Waals surface area contributed by atoms with Crippen molar-refractivity contribution in [1.82, 2.24) is 10.2 Å². The van der Waals surface area contributed by atoms with Crippen molar-refractivity contribution in [2.24, 2.45) is 11.7 Å². The van der Waals surface area contributed by atoms with E-state index in [1.807, 2.05) is 0 Å². The van der Waals surface area contributed by atoms with Crippen LogP contribution < -0.4 is 11.1 Å². The van der Waals surface area contributed by atoms with Crippen LogP contribution in [-0.2, 0) is 4.79 Å². The van der Waals surface area contributed by atoms with Gasteiger partial charge in [0.1, 0.15) is 23.2 Å². The van der Waals surface area contributed by atoms with E-state index in [1.165, 1.54) is 6.07 Å². The molecule has 1 unspecified atom stereocenters. The zero-order valence-electron chi connectivity index (χ0n) is 14.3. The standard InChI is InChI=1S/C17H23F2N3O2.ClH/c1-10(2)15(17(24)22-8-6-11(20)7-9-22)21-16(23)14-12(18)4-3-5-13(14)19;/h3-5,10-11,15H,6-9,20H2,1-2H3,(H,21,23);1H. The van der Waals surface area contributed by atoms with Gasteiger partial charge in [-0.1, -0.05) is 19.9 Å². The maximum Gasteiger partial charge on any atom is 0.257 e. The van der Waals surface area contributed by atoms with Crippen molar-refractivity contribution in [2.75, 3.05) is 13.1 Å². The molecule has 0 bridgehead atoms. The molecule has 3 N–H and O–H groups in total. The third-order valence-electron chi connectivity index (χ3n) is 4.26. The van der Waals surface area contributed by atoms with Crippen molar-refractivity contribution in [3.8, 4) is 0 Å². The van der Waals surface area contributed by atoms with Gasteiger partial charge in [0.15, 0.2) is 0 Å². The Morgan fingerprint density at radius 1 is 1.20 bits per heavy atom. The van der Waals surface area contributed by atoms with Gasteiger partial charge in [0.25, 0.3) is 5.91 Å². The molecule has 1 heterocycles. The Kier molecular flexibility index (Phi) is 7.76. The molecule has 2 rings (SSSR count). The van der Waals surface area contributed by atoms with Crippen LogP contribution in [0.25, 0.3) is 0 Å². The average Bonchev–Trinajstić information content (AvgIpc) is 2.52. The molecule has 1 saturated heterocycles. The number of benzene rings is 1. The lowest BCUT2D eigenvalue weighted by molar-refractivity contribution is -0.135. The van der Waals surface area contributed by atoms with Crippen molar-refractivity contribution in [2.45, 2.75) is 38.8 Å². The second-order valence-electron chi connectivity index (χ2n) is 6.45. The van der Waals surface area contributed by atoms with Crippen molar-refractivity contribution in [1.29, 1.82) is 0 Å². The van der Waals surface area contributed by atoms with Gasteiger partial charge >= 0.3 is 0 Å². The number of nitrogens with zero attached hydrogens (tertiary/aromatic N) is 1. The van der Waals surface area contributed by atoms with Crippen LogP contribution in [0.15, 0.2) is 18.2 Å². The summed E-state index contributed by atoms with van der Waals surface area (Å²) in [6.07, 6.45) is 1.40. The van der Waals surface area contributed by atoms with Gasteiger partial charge in [0.05, 0.1) is 0 Å². The fourth-order valence-electron chi connectivity index (χ4n) is 2.76. The summed E-state index contributed by atoms with van der Waals surface area (Å²) in [5.74, 6) is -3.29. The number of rotatable bonds is 4. The number of piperidine rings is 1. The Hall–Kier alpha value is -1.73. The van der Waals surface area contributed by atoms with Gasteiger partial charge in [-0.15, -0.1) is 12.4 Å². The van der Waals surface area contributed by atoms with E-state index in [0.29, 0.717) is 25.9 Å². The molecule has 0 saturated carbocycles. The van der Waals surface area contributed by atoms with Crippen LogP contribution in [-0.4, -0.2) is 41.9 Å². The minimum atomic E-state index is -0.952. The highest BCUT2D eigenvalue weighted by atomic mass is 35.5. The highest BCUT2D eigenvalue weighted by Gasteiger charge is 2.31. The number of carbonyl (C=O) groups excluding carboxylic acids is 2. The van der Waals surface area contributed by atoms with Crippen molar-refractivity contribution in [3.05, 3.63) is 35.4 Å². The molecule has 0 radical (unpaired) electrons. The Labute approximate surface area is 152 Å². The van der Waals surface area contributed by atoms with Crippen LogP contribution in [0.4, 0.5) is 8.78 Å². The number of nitrogens with one attached hydrogen (secondary N) is 1. The van der Waals surface area contributed by atoms with E-state index >= 15 is 0 Å². The molecule has 0 aromatic heterocycles. The monoisotopic (exact) mass is 375 g/mol. The van der Waals surface area contributed by atoms with Crippen LogP contribution in [0.5, 0.6) is 0 Å². The van der Waals surface area contributed by atoms with Gasteiger partial charge in [0.2, 0.25) is 5.91 Å². The molecular formula is C17H24ClF2N3O2. The van der Waals surface area contributed by atoms with Gasteiger partial charge in [-0.3, -0.25) is 9.59 Å². The average molecular weight is 376 g/mol. The summed E-state index contributed by atoms with van der Waals surface area (Å²) in [5.41, 5.74) is 5.16. The van der Waals surface area contributed by atoms with Crippen molar-refractivity contribution in [3.63, 3.8) is 0 Å². The molecule has 140 valence electrons. The third kappa shape index (κ3) is 5.12. The second-order valence-corrected chi connectivity index (χ2v) is 6.45. The summed E-state index contributed by atoms with van der Waals surface area (Å²) in [6, 6.07) is 2.44. The van der Waals surface area contributed by atoms with Crippen molar-refractivity contribution >= 4 is 24.2 Å². The van der Waals surface area contributed by atoms with Crippen molar-refractivity contribution < 1.29 is 18.4 Å². The summed E-state index contributed by atoms with van der Waals surface area (Å²) >= 11 is 0. The first-order valence-corrected chi connectivity index (χ1v) is 8.10. The van der Waals surface area contributed by atoms with E-state index in [0.717, 1.165) is 12.1 Å². The Balaban J connectivity index is 0.00000312. The predicted molar refractivity (Wildman–Crippen MR) is 93.5 cm³/mol. The number of hydrogen-bond donors (Lipinski definition) is 2. The molecule has 8 heteroatoms. The first-order chi connectivity index (χ1) is 11.3.